The molecule has 1 aliphatic rings. The van der Waals surface area contributed by atoms with Crippen LogP contribution in [0.4, 0.5) is 17.1 Å². The van der Waals surface area contributed by atoms with Crippen LogP contribution >= 0.6 is 11.8 Å². The first-order chi connectivity index (χ1) is 16.9. The van der Waals surface area contributed by atoms with Gasteiger partial charge in [0, 0.05) is 28.3 Å². The smallest absolute Gasteiger partial charge is 0.269 e. The van der Waals surface area contributed by atoms with Gasteiger partial charge in [-0.1, -0.05) is 24.3 Å². The second kappa shape index (κ2) is 10.6. The molecule has 2 N–H and O–H groups in total. The number of para-hydroxylation sites is 1. The standard InChI is InChI=1S/C24H19N5O5S/c30-22(26-21-14-23(31)28(27-21)18-6-2-1-3-7-18)15-35-20-8-4-5-17(13-20)25-24(32)16-9-11-19(12-10-16)29(33)34/h1-13H,14-15H2,(H,25,32)(H,26,27,30). The molecular weight excluding hydrogens is 470 g/mol. The van der Waals surface area contributed by atoms with Crippen LogP contribution in [0.5, 0.6) is 0 Å². The van der Waals surface area contributed by atoms with Crippen molar-refractivity contribution in [1.82, 2.24) is 5.32 Å². The molecular formula is C24H19N5O5S. The monoisotopic (exact) mass is 489 g/mol. The number of hydrogen-bond acceptors (Lipinski definition) is 7. The van der Waals surface area contributed by atoms with Crippen molar-refractivity contribution < 1.29 is 19.3 Å². The number of thioether (sulfide) groups is 1. The molecule has 0 aliphatic carbocycles. The Morgan fingerprint density at radius 3 is 2.46 bits per heavy atom. The fraction of sp³-hybridized carbons (Fsp3) is 0.0833. The Labute approximate surface area is 204 Å². The van der Waals surface area contributed by atoms with Crippen molar-refractivity contribution >= 4 is 52.4 Å². The average molecular weight is 490 g/mol. The second-order valence-corrected chi connectivity index (χ2v) is 8.44. The largest absolute Gasteiger partial charge is 0.322 e. The molecule has 0 fully saturated rings. The maximum atomic E-state index is 12.4. The zero-order valence-corrected chi connectivity index (χ0v) is 19.0. The van der Waals surface area contributed by atoms with Gasteiger partial charge in [0.25, 0.3) is 17.5 Å². The third-order valence-electron chi connectivity index (χ3n) is 4.86. The first-order valence-corrected chi connectivity index (χ1v) is 11.4. The molecule has 0 unspecified atom stereocenters. The number of carbonyl (C=O) groups is 3. The lowest BCUT2D eigenvalue weighted by molar-refractivity contribution is -0.384. The van der Waals surface area contributed by atoms with Crippen molar-refractivity contribution in [3.63, 3.8) is 0 Å². The minimum atomic E-state index is -0.533. The van der Waals surface area contributed by atoms with Crippen LogP contribution in [0.15, 0.2) is 88.9 Å². The number of anilines is 2. The number of hydrazone groups is 1. The van der Waals surface area contributed by atoms with E-state index >= 15 is 0 Å². The summed E-state index contributed by atoms with van der Waals surface area (Å²) in [5.41, 5.74) is 1.33. The van der Waals surface area contributed by atoms with Gasteiger partial charge in [-0.05, 0) is 42.5 Å². The molecule has 0 saturated carbocycles. The van der Waals surface area contributed by atoms with E-state index in [2.05, 4.69) is 15.7 Å². The summed E-state index contributed by atoms with van der Waals surface area (Å²) in [5.74, 6) is -0.578. The Balaban J connectivity index is 1.31. The van der Waals surface area contributed by atoms with Crippen molar-refractivity contribution in [3.8, 4) is 0 Å². The first-order valence-electron chi connectivity index (χ1n) is 10.4. The fourth-order valence-electron chi connectivity index (χ4n) is 3.22. The van der Waals surface area contributed by atoms with Crippen LogP contribution in [-0.4, -0.2) is 34.2 Å². The van der Waals surface area contributed by atoms with Crippen LogP contribution in [0.1, 0.15) is 16.8 Å². The average Bonchev–Trinajstić information content (AvgIpc) is 3.23. The quantitative estimate of drug-likeness (QED) is 0.294. The number of nitrogens with one attached hydrogen (secondary N) is 2. The van der Waals surface area contributed by atoms with Crippen LogP contribution in [0.3, 0.4) is 0 Å². The summed E-state index contributed by atoms with van der Waals surface area (Å²) < 4.78 is 0. The number of nitro benzene ring substituents is 1. The number of carbonyl (C=O) groups excluding carboxylic acids is 3. The van der Waals surface area contributed by atoms with Crippen molar-refractivity contribution in [3.05, 3.63) is 94.5 Å². The van der Waals surface area contributed by atoms with Crippen LogP contribution < -0.4 is 15.6 Å². The Morgan fingerprint density at radius 2 is 1.74 bits per heavy atom. The number of benzene rings is 3. The van der Waals surface area contributed by atoms with Gasteiger partial charge in [0.15, 0.2) is 0 Å². The molecule has 0 bridgehead atoms. The minimum Gasteiger partial charge on any atom is -0.322 e. The van der Waals surface area contributed by atoms with Gasteiger partial charge in [0.2, 0.25) is 5.91 Å². The number of non-ortho nitro benzene ring substituents is 1. The zero-order valence-electron chi connectivity index (χ0n) is 18.2. The molecule has 0 aromatic heterocycles. The predicted octanol–water partition coefficient (Wildman–Crippen LogP) is 3.81. The Bertz CT molecular complexity index is 1310. The van der Waals surface area contributed by atoms with E-state index in [0.29, 0.717) is 11.4 Å². The van der Waals surface area contributed by atoms with E-state index < -0.39 is 10.8 Å². The minimum absolute atomic E-state index is 0.00939. The molecule has 0 spiro atoms. The highest BCUT2D eigenvalue weighted by molar-refractivity contribution is 8.00. The van der Waals surface area contributed by atoms with E-state index in [0.717, 1.165) is 4.90 Å². The van der Waals surface area contributed by atoms with Gasteiger partial charge in [0.05, 0.1) is 22.8 Å². The number of rotatable bonds is 7. The lowest BCUT2D eigenvalue weighted by Gasteiger charge is -2.10. The Kier molecular flexibility index (Phi) is 7.17. The highest BCUT2D eigenvalue weighted by Crippen LogP contribution is 2.23. The molecule has 3 aromatic rings. The lowest BCUT2D eigenvalue weighted by atomic mass is 10.2. The molecule has 11 heteroatoms. The normalized spacial score (nSPS) is 12.7. The molecule has 35 heavy (non-hydrogen) atoms. The van der Waals surface area contributed by atoms with Crippen molar-refractivity contribution in [2.24, 2.45) is 5.10 Å². The molecule has 4 rings (SSSR count). The molecule has 10 nitrogen and oxygen atoms in total. The third kappa shape index (κ3) is 6.09. The summed E-state index contributed by atoms with van der Waals surface area (Å²) in [7, 11) is 0. The van der Waals surface area contributed by atoms with E-state index in [1.54, 1.807) is 48.5 Å². The SMILES string of the molecule is O=C(CSc1cccc(NC(=O)c2ccc([N+](=O)[O-])cc2)c1)NC1=NN(c2ccccc2)C(=O)C1. The Hall–Kier alpha value is -4.51. The maximum Gasteiger partial charge on any atom is 0.269 e. The van der Waals surface area contributed by atoms with E-state index in [4.69, 9.17) is 0 Å². The molecule has 3 aromatic carbocycles. The molecule has 176 valence electrons. The van der Waals surface area contributed by atoms with Crippen molar-refractivity contribution in [1.29, 1.82) is 0 Å². The number of nitro groups is 1. The van der Waals surface area contributed by atoms with E-state index in [-0.39, 0.29) is 41.1 Å². The van der Waals surface area contributed by atoms with Crippen LogP contribution in [0.2, 0.25) is 0 Å². The third-order valence-corrected chi connectivity index (χ3v) is 5.86. The molecule has 0 radical (unpaired) electrons. The van der Waals surface area contributed by atoms with E-state index in [1.807, 2.05) is 6.07 Å². The summed E-state index contributed by atoms with van der Waals surface area (Å²) in [6.07, 6.45) is 0.00939. The lowest BCUT2D eigenvalue weighted by Crippen LogP contribution is -2.31. The van der Waals surface area contributed by atoms with Crippen LogP contribution in [0.25, 0.3) is 0 Å². The number of nitrogens with zero attached hydrogens (tertiary/aromatic N) is 3. The zero-order chi connectivity index (χ0) is 24.8. The highest BCUT2D eigenvalue weighted by Gasteiger charge is 2.26. The summed E-state index contributed by atoms with van der Waals surface area (Å²) in [6.45, 7) is 0. The number of amides is 3. The van der Waals surface area contributed by atoms with Crippen LogP contribution in [-0.2, 0) is 9.59 Å². The van der Waals surface area contributed by atoms with Gasteiger partial charge in [-0.15, -0.1) is 11.8 Å². The van der Waals surface area contributed by atoms with E-state index in [1.165, 1.54) is 41.0 Å². The van der Waals surface area contributed by atoms with E-state index in [9.17, 15) is 24.5 Å². The highest BCUT2D eigenvalue weighted by atomic mass is 32.2. The molecule has 1 heterocycles. The summed E-state index contributed by atoms with van der Waals surface area (Å²) in [5, 5.41) is 21.6. The van der Waals surface area contributed by atoms with Crippen molar-refractivity contribution in [2.75, 3.05) is 16.1 Å². The van der Waals surface area contributed by atoms with Gasteiger partial charge in [-0.2, -0.15) is 10.1 Å². The fourth-order valence-corrected chi connectivity index (χ4v) is 3.97. The Morgan fingerprint density at radius 1 is 1.00 bits per heavy atom. The maximum absolute atomic E-state index is 12.4. The number of amidine groups is 1. The van der Waals surface area contributed by atoms with Crippen LogP contribution in [0, 0.1) is 10.1 Å². The van der Waals surface area contributed by atoms with Gasteiger partial charge in [-0.25, -0.2) is 0 Å². The summed E-state index contributed by atoms with van der Waals surface area (Å²) >= 11 is 1.26. The van der Waals surface area contributed by atoms with Gasteiger partial charge in [0.1, 0.15) is 5.84 Å². The molecule has 1 aliphatic heterocycles. The topological polar surface area (TPSA) is 134 Å². The number of hydrogen-bond donors (Lipinski definition) is 2. The summed E-state index contributed by atoms with van der Waals surface area (Å²) in [6, 6.07) is 21.2. The van der Waals surface area contributed by atoms with Crippen molar-refractivity contribution in [2.45, 2.75) is 11.3 Å². The predicted molar refractivity (Wildman–Crippen MR) is 132 cm³/mol. The first kappa shape index (κ1) is 23.6. The second-order valence-electron chi connectivity index (χ2n) is 7.39. The molecule has 3 amide bonds. The summed E-state index contributed by atoms with van der Waals surface area (Å²) in [4.78, 5) is 48.0. The van der Waals surface area contributed by atoms with Gasteiger partial charge >= 0.3 is 0 Å². The van der Waals surface area contributed by atoms with Gasteiger partial charge < -0.3 is 10.6 Å². The molecule has 0 atom stereocenters. The van der Waals surface area contributed by atoms with Gasteiger partial charge in [-0.3, -0.25) is 24.5 Å². The molecule has 0 saturated heterocycles.